The lowest BCUT2D eigenvalue weighted by Gasteiger charge is -2.24. The Morgan fingerprint density at radius 2 is 2.21 bits per heavy atom. The summed E-state index contributed by atoms with van der Waals surface area (Å²) >= 11 is 5.75. The molecular weight excluding hydrogens is 212 g/mol. The van der Waals surface area contributed by atoms with Crippen molar-refractivity contribution in [3.8, 4) is 5.75 Å². The summed E-state index contributed by atoms with van der Waals surface area (Å²) in [6, 6.07) is 0.533. The molecule has 0 bridgehead atoms. The van der Waals surface area contributed by atoms with E-state index >= 15 is 0 Å². The van der Waals surface area contributed by atoms with Gasteiger partial charge >= 0.3 is 0 Å². The fourth-order valence-corrected chi connectivity index (χ4v) is 1.83. The van der Waals surface area contributed by atoms with Crippen LogP contribution >= 0.6 is 11.6 Å². The molecular formula is C9H8ClF2NO. The molecule has 5 heteroatoms. The number of fused-ring (bicyclic) bond motifs is 1. The second kappa shape index (κ2) is 3.37. The van der Waals surface area contributed by atoms with Crippen LogP contribution in [0.25, 0.3) is 0 Å². The van der Waals surface area contributed by atoms with Gasteiger partial charge in [-0.1, -0.05) is 11.6 Å². The molecule has 1 aromatic carbocycles. The van der Waals surface area contributed by atoms with Crippen molar-refractivity contribution in [3.05, 3.63) is 28.3 Å². The first-order chi connectivity index (χ1) is 6.61. The third kappa shape index (κ3) is 1.35. The molecule has 1 heterocycles. The summed E-state index contributed by atoms with van der Waals surface area (Å²) in [5, 5.41) is 0.117. The van der Waals surface area contributed by atoms with E-state index in [0.29, 0.717) is 12.0 Å². The first-order valence-corrected chi connectivity index (χ1v) is 4.55. The number of halogens is 3. The zero-order chi connectivity index (χ0) is 10.3. The molecule has 76 valence electrons. The molecule has 2 N–H and O–H groups in total. The van der Waals surface area contributed by atoms with E-state index in [0.717, 1.165) is 6.07 Å². The molecule has 0 unspecified atom stereocenters. The highest BCUT2D eigenvalue weighted by molar-refractivity contribution is 6.31. The summed E-state index contributed by atoms with van der Waals surface area (Å²) in [5.74, 6) is -2.17. The Kier molecular flexibility index (Phi) is 2.33. The summed E-state index contributed by atoms with van der Waals surface area (Å²) in [4.78, 5) is 0. The number of benzene rings is 1. The van der Waals surface area contributed by atoms with E-state index in [9.17, 15) is 8.78 Å². The quantitative estimate of drug-likeness (QED) is 0.680. The van der Waals surface area contributed by atoms with Crippen LogP contribution in [0.15, 0.2) is 6.07 Å². The van der Waals surface area contributed by atoms with E-state index in [1.165, 1.54) is 0 Å². The maximum absolute atomic E-state index is 13.2. The van der Waals surface area contributed by atoms with Gasteiger partial charge in [-0.25, -0.2) is 4.39 Å². The van der Waals surface area contributed by atoms with Crippen LogP contribution < -0.4 is 10.5 Å². The Morgan fingerprint density at radius 1 is 1.50 bits per heavy atom. The second-order valence-electron chi connectivity index (χ2n) is 3.14. The van der Waals surface area contributed by atoms with Crippen LogP contribution in [-0.2, 0) is 0 Å². The molecule has 0 radical (unpaired) electrons. The largest absolute Gasteiger partial charge is 0.490 e. The first kappa shape index (κ1) is 9.68. The Morgan fingerprint density at radius 3 is 2.93 bits per heavy atom. The SMILES string of the molecule is N[C@H]1CCOc2c(F)c(F)cc(Cl)c21. The molecule has 1 atom stereocenters. The van der Waals surface area contributed by atoms with Gasteiger partial charge in [0.15, 0.2) is 11.6 Å². The van der Waals surface area contributed by atoms with E-state index in [4.69, 9.17) is 22.1 Å². The molecule has 2 nitrogen and oxygen atoms in total. The topological polar surface area (TPSA) is 35.2 Å². The average Bonchev–Trinajstić information content (AvgIpc) is 2.14. The smallest absolute Gasteiger partial charge is 0.201 e. The van der Waals surface area contributed by atoms with Crippen LogP contribution in [0.4, 0.5) is 8.78 Å². The maximum Gasteiger partial charge on any atom is 0.201 e. The van der Waals surface area contributed by atoms with Crippen molar-refractivity contribution in [2.45, 2.75) is 12.5 Å². The van der Waals surface area contributed by atoms with Crippen LogP contribution in [0.2, 0.25) is 5.02 Å². The fraction of sp³-hybridized carbons (Fsp3) is 0.333. The van der Waals surface area contributed by atoms with Gasteiger partial charge in [-0.3, -0.25) is 0 Å². The average molecular weight is 220 g/mol. The lowest BCUT2D eigenvalue weighted by atomic mass is 10.0. The van der Waals surface area contributed by atoms with Crippen molar-refractivity contribution in [1.29, 1.82) is 0 Å². The number of hydrogen-bond acceptors (Lipinski definition) is 2. The van der Waals surface area contributed by atoms with Gasteiger partial charge in [0, 0.05) is 18.0 Å². The Balaban J connectivity index is 2.66. The molecule has 2 rings (SSSR count). The number of rotatable bonds is 0. The van der Waals surface area contributed by atoms with E-state index in [-0.39, 0.29) is 23.4 Å². The van der Waals surface area contributed by atoms with Gasteiger partial charge in [-0.05, 0) is 6.07 Å². The summed E-state index contributed by atoms with van der Waals surface area (Å²) in [6.45, 7) is 0.283. The van der Waals surface area contributed by atoms with Gasteiger partial charge in [0.25, 0.3) is 0 Å². The summed E-state index contributed by atoms with van der Waals surface area (Å²) in [7, 11) is 0. The van der Waals surface area contributed by atoms with Crippen LogP contribution in [0.3, 0.4) is 0 Å². The highest BCUT2D eigenvalue weighted by Gasteiger charge is 2.26. The molecule has 0 amide bonds. The van der Waals surface area contributed by atoms with Crippen molar-refractivity contribution in [3.63, 3.8) is 0 Å². The van der Waals surface area contributed by atoms with Gasteiger partial charge in [-0.2, -0.15) is 4.39 Å². The lowest BCUT2D eigenvalue weighted by Crippen LogP contribution is -2.22. The zero-order valence-electron chi connectivity index (χ0n) is 7.19. The number of hydrogen-bond donors (Lipinski definition) is 1. The van der Waals surface area contributed by atoms with E-state index in [2.05, 4.69) is 0 Å². The minimum absolute atomic E-state index is 0.117. The van der Waals surface area contributed by atoms with Gasteiger partial charge in [0.1, 0.15) is 0 Å². The molecule has 0 saturated carbocycles. The van der Waals surface area contributed by atoms with E-state index in [1.807, 2.05) is 0 Å². The lowest BCUT2D eigenvalue weighted by molar-refractivity contribution is 0.251. The maximum atomic E-state index is 13.2. The standard InChI is InChI=1S/C9H8ClF2NO/c10-4-3-5(11)8(12)9-7(4)6(13)1-2-14-9/h3,6H,1-2,13H2/t6-/m0/s1. The molecule has 1 aromatic rings. The van der Waals surface area contributed by atoms with Crippen LogP contribution in [0.1, 0.15) is 18.0 Å². The molecule has 0 saturated heterocycles. The highest BCUT2D eigenvalue weighted by atomic mass is 35.5. The monoisotopic (exact) mass is 219 g/mol. The van der Waals surface area contributed by atoms with Crippen LogP contribution in [-0.4, -0.2) is 6.61 Å². The molecule has 14 heavy (non-hydrogen) atoms. The third-order valence-corrected chi connectivity index (χ3v) is 2.52. The van der Waals surface area contributed by atoms with Gasteiger partial charge in [0.05, 0.1) is 11.6 Å². The van der Waals surface area contributed by atoms with Crippen molar-refractivity contribution in [2.75, 3.05) is 6.61 Å². The Hall–Kier alpha value is -0.870. The Labute approximate surface area is 84.6 Å². The van der Waals surface area contributed by atoms with Crippen LogP contribution in [0.5, 0.6) is 5.75 Å². The number of ether oxygens (including phenoxy) is 1. The van der Waals surface area contributed by atoms with Gasteiger partial charge in [-0.15, -0.1) is 0 Å². The molecule has 1 aliphatic heterocycles. The van der Waals surface area contributed by atoms with Crippen molar-refractivity contribution >= 4 is 11.6 Å². The molecule has 0 aromatic heterocycles. The highest BCUT2D eigenvalue weighted by Crippen LogP contribution is 2.39. The van der Waals surface area contributed by atoms with Crippen molar-refractivity contribution in [2.24, 2.45) is 5.73 Å². The van der Waals surface area contributed by atoms with Crippen molar-refractivity contribution in [1.82, 2.24) is 0 Å². The Bertz CT molecular complexity index is 384. The summed E-state index contributed by atoms with van der Waals surface area (Å²) in [6.07, 6.45) is 0.553. The zero-order valence-corrected chi connectivity index (χ0v) is 7.94. The second-order valence-corrected chi connectivity index (χ2v) is 3.55. The molecule has 0 fully saturated rings. The third-order valence-electron chi connectivity index (χ3n) is 2.21. The van der Waals surface area contributed by atoms with Gasteiger partial charge < -0.3 is 10.5 Å². The van der Waals surface area contributed by atoms with Crippen molar-refractivity contribution < 1.29 is 13.5 Å². The molecule has 1 aliphatic rings. The van der Waals surface area contributed by atoms with Crippen LogP contribution in [0, 0.1) is 11.6 Å². The molecule has 0 spiro atoms. The normalized spacial score (nSPS) is 20.1. The minimum Gasteiger partial charge on any atom is -0.490 e. The van der Waals surface area contributed by atoms with E-state index < -0.39 is 11.6 Å². The summed E-state index contributed by atoms with van der Waals surface area (Å²) in [5.41, 5.74) is 6.07. The minimum atomic E-state index is -1.01. The fourth-order valence-electron chi connectivity index (χ4n) is 1.51. The predicted molar refractivity (Wildman–Crippen MR) is 48.4 cm³/mol. The molecule has 0 aliphatic carbocycles. The number of nitrogens with two attached hydrogens (primary N) is 1. The first-order valence-electron chi connectivity index (χ1n) is 4.17. The summed E-state index contributed by atoms with van der Waals surface area (Å²) < 4.78 is 31.1. The van der Waals surface area contributed by atoms with E-state index in [1.54, 1.807) is 0 Å². The predicted octanol–water partition coefficient (Wildman–Crippen LogP) is 2.40. The van der Waals surface area contributed by atoms with Gasteiger partial charge in [0.2, 0.25) is 5.82 Å².